The number of ketones is 1. The van der Waals surface area contributed by atoms with Gasteiger partial charge >= 0.3 is 5.97 Å². The molecule has 0 unspecified atom stereocenters. The maximum Gasteiger partial charge on any atom is 0.355 e. The van der Waals surface area contributed by atoms with Gasteiger partial charge < -0.3 is 23.7 Å². The largest absolute Gasteiger partial charge is 0.484 e. The van der Waals surface area contributed by atoms with Gasteiger partial charge in [0.1, 0.15) is 11.4 Å². The minimum atomic E-state index is -0.463. The van der Waals surface area contributed by atoms with E-state index in [0.717, 1.165) is 0 Å². The first-order chi connectivity index (χ1) is 16.7. The molecule has 8 nitrogen and oxygen atoms in total. The Morgan fingerprint density at radius 1 is 1.03 bits per heavy atom. The van der Waals surface area contributed by atoms with Gasteiger partial charge in [-0.3, -0.25) is 9.59 Å². The van der Waals surface area contributed by atoms with Gasteiger partial charge in [-0.25, -0.2) is 4.79 Å². The summed E-state index contributed by atoms with van der Waals surface area (Å²) in [5.41, 5.74) is 2.05. The molecular weight excluding hydrogens is 472 g/mol. The molecular formula is C26H35ClN2O6. The normalized spacial score (nSPS) is 10.8. The summed E-state index contributed by atoms with van der Waals surface area (Å²) in [6, 6.07) is 6.71. The van der Waals surface area contributed by atoms with Crippen molar-refractivity contribution in [1.82, 2.24) is 9.47 Å². The minimum Gasteiger partial charge on any atom is -0.484 e. The molecule has 0 fully saturated rings. The van der Waals surface area contributed by atoms with Crippen molar-refractivity contribution in [3.05, 3.63) is 51.8 Å². The lowest BCUT2D eigenvalue weighted by Gasteiger charge is -2.22. The van der Waals surface area contributed by atoms with Crippen molar-refractivity contribution < 1.29 is 28.6 Å². The number of esters is 1. The quantitative estimate of drug-likeness (QED) is 0.213. The summed E-state index contributed by atoms with van der Waals surface area (Å²) in [5, 5.41) is 0.568. The lowest BCUT2D eigenvalue weighted by molar-refractivity contribution is -0.133. The van der Waals surface area contributed by atoms with Gasteiger partial charge in [0.2, 0.25) is 0 Å². The van der Waals surface area contributed by atoms with E-state index in [9.17, 15) is 14.4 Å². The second-order valence-corrected chi connectivity index (χ2v) is 8.37. The number of ether oxygens (including phenoxy) is 3. The van der Waals surface area contributed by atoms with Gasteiger partial charge in [-0.15, -0.1) is 0 Å². The summed E-state index contributed by atoms with van der Waals surface area (Å²) in [4.78, 5) is 40.5. The van der Waals surface area contributed by atoms with Gasteiger partial charge in [0.15, 0.2) is 12.4 Å². The Morgan fingerprint density at radius 3 is 2.31 bits per heavy atom. The summed E-state index contributed by atoms with van der Waals surface area (Å²) in [5.74, 6) is -0.515. The van der Waals surface area contributed by atoms with Crippen LogP contribution in [0.15, 0.2) is 24.3 Å². The van der Waals surface area contributed by atoms with Crippen LogP contribution in [0.5, 0.6) is 5.75 Å². The van der Waals surface area contributed by atoms with Crippen LogP contribution in [0.4, 0.5) is 0 Å². The highest BCUT2D eigenvalue weighted by atomic mass is 35.5. The van der Waals surface area contributed by atoms with Crippen LogP contribution in [0.3, 0.4) is 0 Å². The SMILES string of the molecule is CCOCCCN(CC(=O)c1c(C)c(C(=O)OCC)n(CC)c1C)C(=O)COc1ccc(Cl)cc1. The van der Waals surface area contributed by atoms with Crippen molar-refractivity contribution in [3.8, 4) is 5.75 Å². The number of halogens is 1. The predicted octanol–water partition coefficient (Wildman–Crippen LogP) is 4.47. The van der Waals surface area contributed by atoms with Gasteiger partial charge in [-0.2, -0.15) is 0 Å². The number of nitrogens with zero attached hydrogens (tertiary/aromatic N) is 2. The number of hydrogen-bond acceptors (Lipinski definition) is 6. The standard InChI is InChI=1S/C26H35ClN2O6/c1-6-29-19(5)24(18(4)25(29)26(32)34-8-3)22(30)16-28(14-9-15-33-7-2)23(31)17-35-21-12-10-20(27)11-13-21/h10-13H,6-9,14-17H2,1-5H3. The first-order valence-corrected chi connectivity index (χ1v) is 12.3. The van der Waals surface area contributed by atoms with Crippen LogP contribution in [-0.2, 0) is 20.8 Å². The average molecular weight is 507 g/mol. The number of aromatic nitrogens is 1. The molecule has 2 aromatic rings. The summed E-state index contributed by atoms with van der Waals surface area (Å²) in [7, 11) is 0. The fourth-order valence-corrected chi connectivity index (χ4v) is 4.10. The average Bonchev–Trinajstić information content (AvgIpc) is 3.09. The number of benzene rings is 1. The molecule has 0 aliphatic carbocycles. The molecule has 1 aromatic carbocycles. The molecule has 192 valence electrons. The first kappa shape index (κ1) is 28.4. The predicted molar refractivity (Wildman–Crippen MR) is 135 cm³/mol. The number of hydrogen-bond donors (Lipinski definition) is 0. The zero-order valence-electron chi connectivity index (χ0n) is 21.2. The highest BCUT2D eigenvalue weighted by Crippen LogP contribution is 2.24. The van der Waals surface area contributed by atoms with Crippen LogP contribution in [0.2, 0.25) is 5.02 Å². The van der Waals surface area contributed by atoms with Gasteiger partial charge in [-0.05, 0) is 70.9 Å². The van der Waals surface area contributed by atoms with Crippen molar-refractivity contribution in [2.24, 2.45) is 0 Å². The summed E-state index contributed by atoms with van der Waals surface area (Å²) < 4.78 is 18.0. The molecule has 0 aliphatic heterocycles. The fourth-order valence-electron chi connectivity index (χ4n) is 3.98. The second-order valence-electron chi connectivity index (χ2n) is 7.93. The van der Waals surface area contributed by atoms with Crippen LogP contribution in [0.25, 0.3) is 0 Å². The third-order valence-electron chi connectivity index (χ3n) is 5.61. The maximum absolute atomic E-state index is 13.4. The third-order valence-corrected chi connectivity index (χ3v) is 5.87. The molecule has 0 atom stereocenters. The molecule has 0 spiro atoms. The van der Waals surface area contributed by atoms with E-state index >= 15 is 0 Å². The summed E-state index contributed by atoms with van der Waals surface area (Å²) in [6.07, 6.45) is 0.579. The van der Waals surface area contributed by atoms with Crippen molar-refractivity contribution in [3.63, 3.8) is 0 Å². The van der Waals surface area contributed by atoms with Crippen molar-refractivity contribution in [2.75, 3.05) is 39.5 Å². The number of rotatable bonds is 14. The molecule has 0 saturated carbocycles. The Morgan fingerprint density at radius 2 is 1.71 bits per heavy atom. The van der Waals surface area contributed by atoms with Crippen LogP contribution in [-0.4, -0.2) is 66.6 Å². The van der Waals surface area contributed by atoms with E-state index in [2.05, 4.69) is 0 Å². The minimum absolute atomic E-state index is 0.132. The molecule has 35 heavy (non-hydrogen) atoms. The zero-order chi connectivity index (χ0) is 26.0. The van der Waals surface area contributed by atoms with Crippen molar-refractivity contribution in [1.29, 1.82) is 0 Å². The molecule has 9 heteroatoms. The lowest BCUT2D eigenvalue weighted by Crippen LogP contribution is -2.40. The summed E-state index contributed by atoms with van der Waals surface area (Å²) in [6.45, 7) is 10.9. The lowest BCUT2D eigenvalue weighted by atomic mass is 10.0. The number of carbonyl (C=O) groups is 3. The Kier molecular flexibility index (Phi) is 11.3. The van der Waals surface area contributed by atoms with Crippen LogP contribution in [0, 0.1) is 13.8 Å². The van der Waals surface area contributed by atoms with E-state index in [-0.39, 0.29) is 31.4 Å². The number of Topliss-reactive ketones (excluding diaryl/α,β-unsaturated/α-hetero) is 1. The molecule has 1 heterocycles. The molecule has 0 radical (unpaired) electrons. The van der Waals surface area contributed by atoms with Crippen LogP contribution >= 0.6 is 11.6 Å². The van der Waals surface area contributed by atoms with Gasteiger partial charge in [-0.1, -0.05) is 11.6 Å². The van der Waals surface area contributed by atoms with Crippen LogP contribution < -0.4 is 4.74 Å². The highest BCUT2D eigenvalue weighted by molar-refractivity contribution is 6.30. The fraction of sp³-hybridized carbons (Fsp3) is 0.500. The van der Waals surface area contributed by atoms with Gasteiger partial charge in [0.25, 0.3) is 5.91 Å². The van der Waals surface area contributed by atoms with E-state index in [1.807, 2.05) is 13.8 Å². The monoisotopic (exact) mass is 506 g/mol. The third kappa shape index (κ3) is 7.57. The molecule has 1 aromatic heterocycles. The van der Waals surface area contributed by atoms with Crippen molar-refractivity contribution >= 4 is 29.3 Å². The Hall–Kier alpha value is -2.84. The zero-order valence-corrected chi connectivity index (χ0v) is 21.9. The molecule has 1 amide bonds. The second kappa shape index (κ2) is 13.9. The highest BCUT2D eigenvalue weighted by Gasteiger charge is 2.28. The Labute approximate surface area is 212 Å². The van der Waals surface area contributed by atoms with E-state index in [1.165, 1.54) is 4.90 Å². The van der Waals surface area contributed by atoms with E-state index in [1.54, 1.807) is 49.6 Å². The smallest absolute Gasteiger partial charge is 0.355 e. The molecule has 2 rings (SSSR count). The molecule has 0 bridgehead atoms. The molecule has 0 N–H and O–H groups in total. The molecule has 0 aliphatic rings. The topological polar surface area (TPSA) is 87.1 Å². The van der Waals surface area contributed by atoms with E-state index in [0.29, 0.717) is 66.0 Å². The van der Waals surface area contributed by atoms with E-state index < -0.39 is 5.97 Å². The number of carbonyl (C=O) groups excluding carboxylic acids is 3. The van der Waals surface area contributed by atoms with Gasteiger partial charge in [0, 0.05) is 42.6 Å². The van der Waals surface area contributed by atoms with Crippen molar-refractivity contribution in [2.45, 2.75) is 47.6 Å². The molecule has 0 saturated heterocycles. The Bertz CT molecular complexity index is 1020. The summed E-state index contributed by atoms with van der Waals surface area (Å²) >= 11 is 5.90. The van der Waals surface area contributed by atoms with Gasteiger partial charge in [0.05, 0.1) is 13.2 Å². The van der Waals surface area contributed by atoms with Crippen LogP contribution in [0.1, 0.15) is 59.3 Å². The first-order valence-electron chi connectivity index (χ1n) is 11.9. The Balaban J connectivity index is 2.23. The number of amides is 1. The maximum atomic E-state index is 13.4. The van der Waals surface area contributed by atoms with E-state index in [4.69, 9.17) is 25.8 Å².